The molecule has 0 bridgehead atoms. The maximum Gasteiger partial charge on any atom is 0.176 e. The Morgan fingerprint density at radius 3 is 2.25 bits per heavy atom. The number of fused-ring (bicyclic) bond motifs is 1. The number of aryl methyl sites for hydroxylation is 1. The van der Waals surface area contributed by atoms with Crippen LogP contribution >= 0.6 is 0 Å². The number of rotatable bonds is 4. The lowest BCUT2D eigenvalue weighted by Gasteiger charge is -2.32. The van der Waals surface area contributed by atoms with Gasteiger partial charge in [-0.15, -0.1) is 0 Å². The van der Waals surface area contributed by atoms with E-state index in [2.05, 4.69) is 0 Å². The molecule has 2 aromatic rings. The first-order chi connectivity index (χ1) is 11.5. The fraction of sp³-hybridized carbons (Fsp3) is 0.300. The Hall–Kier alpha value is -2.62. The Labute approximate surface area is 141 Å². The lowest BCUT2D eigenvalue weighted by atomic mass is 9.68. The Morgan fingerprint density at radius 2 is 1.62 bits per heavy atom. The summed E-state index contributed by atoms with van der Waals surface area (Å²) < 4.78 is 10.3. The maximum atomic E-state index is 13.0. The standard InChI is InChI=1S/C20H20O4/c1-20(18(21)14-5-7-15(23-2)8-6-14)11-10-13-4-9-16(24-3)12-17(13)19(20)22/h4-9,12H,10-11H2,1-3H3. The molecule has 2 aromatic carbocycles. The van der Waals surface area contributed by atoms with Gasteiger partial charge >= 0.3 is 0 Å². The van der Waals surface area contributed by atoms with Crippen LogP contribution in [0, 0.1) is 5.41 Å². The summed E-state index contributed by atoms with van der Waals surface area (Å²) in [6, 6.07) is 12.4. The SMILES string of the molecule is COc1ccc(C(=O)C2(C)CCc3ccc(OC)cc3C2=O)cc1. The van der Waals surface area contributed by atoms with Crippen molar-refractivity contribution in [3.8, 4) is 11.5 Å². The van der Waals surface area contributed by atoms with Crippen LogP contribution in [0.1, 0.15) is 39.6 Å². The molecule has 3 rings (SSSR count). The Balaban J connectivity index is 1.97. The quantitative estimate of drug-likeness (QED) is 0.635. The van der Waals surface area contributed by atoms with Crippen LogP contribution < -0.4 is 9.47 Å². The van der Waals surface area contributed by atoms with E-state index < -0.39 is 5.41 Å². The maximum absolute atomic E-state index is 13.0. The van der Waals surface area contributed by atoms with Gasteiger partial charge in [-0.1, -0.05) is 6.07 Å². The van der Waals surface area contributed by atoms with Crippen LogP contribution in [-0.2, 0) is 6.42 Å². The Kier molecular flexibility index (Phi) is 4.14. The van der Waals surface area contributed by atoms with Crippen LogP contribution in [0.25, 0.3) is 0 Å². The molecule has 1 aliphatic rings. The zero-order chi connectivity index (χ0) is 17.3. The molecule has 124 valence electrons. The molecule has 0 N–H and O–H groups in total. The average Bonchev–Trinajstić information content (AvgIpc) is 2.64. The third-order valence-electron chi connectivity index (χ3n) is 4.81. The van der Waals surface area contributed by atoms with Crippen molar-refractivity contribution in [3.63, 3.8) is 0 Å². The highest BCUT2D eigenvalue weighted by Gasteiger charge is 2.44. The topological polar surface area (TPSA) is 52.6 Å². The minimum absolute atomic E-state index is 0.136. The number of benzene rings is 2. The first kappa shape index (κ1) is 16.2. The molecule has 0 heterocycles. The van der Waals surface area contributed by atoms with Crippen LogP contribution in [0.5, 0.6) is 11.5 Å². The molecule has 1 aliphatic carbocycles. The van der Waals surface area contributed by atoms with Crippen molar-refractivity contribution < 1.29 is 19.1 Å². The van der Waals surface area contributed by atoms with Gasteiger partial charge in [0.1, 0.15) is 11.5 Å². The molecule has 0 spiro atoms. The molecule has 0 saturated carbocycles. The van der Waals surface area contributed by atoms with Crippen LogP contribution in [-0.4, -0.2) is 25.8 Å². The van der Waals surface area contributed by atoms with Gasteiger partial charge in [-0.05, 0) is 61.7 Å². The van der Waals surface area contributed by atoms with Crippen molar-refractivity contribution in [2.24, 2.45) is 5.41 Å². The zero-order valence-corrected chi connectivity index (χ0v) is 14.1. The number of hydrogen-bond acceptors (Lipinski definition) is 4. The van der Waals surface area contributed by atoms with E-state index in [0.717, 1.165) is 5.56 Å². The molecule has 4 nitrogen and oxygen atoms in total. The molecule has 24 heavy (non-hydrogen) atoms. The van der Waals surface area contributed by atoms with Gasteiger partial charge in [-0.25, -0.2) is 0 Å². The third-order valence-corrected chi connectivity index (χ3v) is 4.81. The first-order valence-electron chi connectivity index (χ1n) is 7.90. The average molecular weight is 324 g/mol. The number of carbonyl (C=O) groups is 2. The van der Waals surface area contributed by atoms with Gasteiger partial charge in [-0.3, -0.25) is 9.59 Å². The molecule has 0 fully saturated rings. The normalized spacial score (nSPS) is 19.5. The summed E-state index contributed by atoms with van der Waals surface area (Å²) >= 11 is 0. The second kappa shape index (κ2) is 6.11. The largest absolute Gasteiger partial charge is 0.497 e. The molecule has 4 heteroatoms. The van der Waals surface area contributed by atoms with E-state index in [1.165, 1.54) is 0 Å². The summed E-state index contributed by atoms with van der Waals surface area (Å²) in [5.74, 6) is 1.03. The fourth-order valence-electron chi connectivity index (χ4n) is 3.18. The number of ketones is 2. The molecular weight excluding hydrogens is 304 g/mol. The van der Waals surface area contributed by atoms with Crippen molar-refractivity contribution in [3.05, 3.63) is 59.2 Å². The Bertz CT molecular complexity index is 792. The number of ether oxygens (including phenoxy) is 2. The predicted octanol–water partition coefficient (Wildman–Crippen LogP) is 3.72. The smallest absolute Gasteiger partial charge is 0.176 e. The third kappa shape index (κ3) is 2.58. The minimum Gasteiger partial charge on any atom is -0.497 e. The molecule has 0 radical (unpaired) electrons. The van der Waals surface area contributed by atoms with Gasteiger partial charge in [0.2, 0.25) is 0 Å². The second-order valence-electron chi connectivity index (χ2n) is 6.24. The second-order valence-corrected chi connectivity index (χ2v) is 6.24. The molecule has 0 aliphatic heterocycles. The van der Waals surface area contributed by atoms with Crippen molar-refractivity contribution >= 4 is 11.6 Å². The van der Waals surface area contributed by atoms with Crippen molar-refractivity contribution in [2.45, 2.75) is 19.8 Å². The summed E-state index contributed by atoms with van der Waals surface area (Å²) in [4.78, 5) is 26.0. The van der Waals surface area contributed by atoms with Gasteiger partial charge in [0.25, 0.3) is 0 Å². The van der Waals surface area contributed by atoms with E-state index in [4.69, 9.17) is 9.47 Å². The van der Waals surface area contributed by atoms with Crippen LogP contribution in [0.3, 0.4) is 0 Å². The van der Waals surface area contributed by atoms with E-state index >= 15 is 0 Å². The first-order valence-corrected chi connectivity index (χ1v) is 7.90. The van der Waals surface area contributed by atoms with Crippen molar-refractivity contribution in [1.29, 1.82) is 0 Å². The fourth-order valence-corrected chi connectivity index (χ4v) is 3.18. The van der Waals surface area contributed by atoms with E-state index in [9.17, 15) is 9.59 Å². The summed E-state index contributed by atoms with van der Waals surface area (Å²) in [6.07, 6.45) is 1.21. The van der Waals surface area contributed by atoms with Crippen molar-refractivity contribution in [1.82, 2.24) is 0 Å². The summed E-state index contributed by atoms with van der Waals surface area (Å²) in [5, 5.41) is 0. The Morgan fingerprint density at radius 1 is 1.00 bits per heavy atom. The van der Waals surface area contributed by atoms with Gasteiger partial charge < -0.3 is 9.47 Å². The van der Waals surface area contributed by atoms with E-state index in [1.807, 2.05) is 12.1 Å². The number of Topliss-reactive ketones (excluding diaryl/α,β-unsaturated/α-hetero) is 2. The van der Waals surface area contributed by atoms with Crippen LogP contribution in [0.15, 0.2) is 42.5 Å². The highest BCUT2D eigenvalue weighted by Crippen LogP contribution is 2.39. The monoisotopic (exact) mass is 324 g/mol. The lowest BCUT2D eigenvalue weighted by molar-refractivity contribution is 0.0661. The predicted molar refractivity (Wildman–Crippen MR) is 91.1 cm³/mol. The van der Waals surface area contributed by atoms with Crippen LogP contribution in [0.4, 0.5) is 0 Å². The molecule has 1 unspecified atom stereocenters. The molecule has 1 atom stereocenters. The molecule has 0 aromatic heterocycles. The number of hydrogen-bond donors (Lipinski definition) is 0. The molecular formula is C20H20O4. The minimum atomic E-state index is -1.05. The highest BCUT2D eigenvalue weighted by atomic mass is 16.5. The van der Waals surface area contributed by atoms with Gasteiger partial charge in [0, 0.05) is 11.1 Å². The number of carbonyl (C=O) groups excluding carboxylic acids is 2. The van der Waals surface area contributed by atoms with Gasteiger partial charge in [-0.2, -0.15) is 0 Å². The van der Waals surface area contributed by atoms with Crippen molar-refractivity contribution in [2.75, 3.05) is 14.2 Å². The molecule has 0 saturated heterocycles. The van der Waals surface area contributed by atoms with Crippen LogP contribution in [0.2, 0.25) is 0 Å². The molecule has 0 amide bonds. The summed E-state index contributed by atoms with van der Waals surface area (Å²) in [6.45, 7) is 1.74. The van der Waals surface area contributed by atoms with Gasteiger partial charge in [0.05, 0.1) is 19.6 Å². The highest BCUT2D eigenvalue weighted by molar-refractivity contribution is 6.20. The van der Waals surface area contributed by atoms with E-state index in [0.29, 0.717) is 35.5 Å². The summed E-state index contributed by atoms with van der Waals surface area (Å²) in [5.41, 5.74) is 1.04. The van der Waals surface area contributed by atoms with E-state index in [-0.39, 0.29) is 11.6 Å². The number of methoxy groups -OCH3 is 2. The lowest BCUT2D eigenvalue weighted by Crippen LogP contribution is -2.40. The zero-order valence-electron chi connectivity index (χ0n) is 14.1. The summed E-state index contributed by atoms with van der Waals surface area (Å²) in [7, 11) is 3.14. The van der Waals surface area contributed by atoms with Gasteiger partial charge in [0.15, 0.2) is 11.6 Å². The van der Waals surface area contributed by atoms with E-state index in [1.54, 1.807) is 51.5 Å².